The molecule has 26 heavy (non-hydrogen) atoms. The molecule has 1 fully saturated rings. The van der Waals surface area contributed by atoms with Gasteiger partial charge in [0.1, 0.15) is 5.69 Å². The Balaban J connectivity index is 1.47. The van der Waals surface area contributed by atoms with Crippen LogP contribution in [0.4, 0.5) is 5.69 Å². The highest BCUT2D eigenvalue weighted by Crippen LogP contribution is 2.16. The van der Waals surface area contributed by atoms with Crippen LogP contribution in [0.1, 0.15) is 10.5 Å². The Kier molecular flexibility index (Phi) is 4.12. The summed E-state index contributed by atoms with van der Waals surface area (Å²) in [5.41, 5.74) is 1.95. The highest BCUT2D eigenvalue weighted by Gasteiger charge is 2.23. The fourth-order valence-electron chi connectivity index (χ4n) is 3.15. The Morgan fingerprint density at radius 3 is 2.58 bits per heavy atom. The molecular weight excluding hydrogens is 330 g/mol. The molecule has 2 aromatic heterocycles. The van der Waals surface area contributed by atoms with Gasteiger partial charge in [-0.1, -0.05) is 24.3 Å². The molecule has 7 nitrogen and oxygen atoms in total. The van der Waals surface area contributed by atoms with Crippen molar-refractivity contribution in [1.29, 1.82) is 0 Å². The summed E-state index contributed by atoms with van der Waals surface area (Å²) in [5, 5.41) is 5.08. The number of pyridine rings is 1. The molecule has 0 radical (unpaired) electrons. The zero-order valence-electron chi connectivity index (χ0n) is 14.5. The third-order valence-corrected chi connectivity index (χ3v) is 4.70. The van der Waals surface area contributed by atoms with E-state index >= 15 is 0 Å². The van der Waals surface area contributed by atoms with E-state index in [0.717, 1.165) is 16.6 Å². The first-order valence-electron chi connectivity index (χ1n) is 8.55. The summed E-state index contributed by atoms with van der Waals surface area (Å²) in [4.78, 5) is 32.9. The van der Waals surface area contributed by atoms with Gasteiger partial charge < -0.3 is 9.80 Å². The predicted octanol–water partition coefficient (Wildman–Crippen LogP) is 1.29. The summed E-state index contributed by atoms with van der Waals surface area (Å²) in [7, 11) is 1.62. The second-order valence-corrected chi connectivity index (χ2v) is 6.34. The molecule has 132 valence electrons. The number of rotatable bonds is 2. The van der Waals surface area contributed by atoms with Crippen molar-refractivity contribution in [3.63, 3.8) is 0 Å². The van der Waals surface area contributed by atoms with E-state index in [4.69, 9.17) is 0 Å². The molecule has 0 saturated carbocycles. The lowest BCUT2D eigenvalue weighted by Gasteiger charge is -2.35. The number of amides is 1. The highest BCUT2D eigenvalue weighted by molar-refractivity contribution is 5.95. The van der Waals surface area contributed by atoms with Crippen molar-refractivity contribution in [3.8, 4) is 0 Å². The summed E-state index contributed by atoms with van der Waals surface area (Å²) in [6.45, 7) is 2.49. The number of carbonyl (C=O) groups excluding carboxylic acids is 1. The van der Waals surface area contributed by atoms with Crippen LogP contribution in [0, 0.1) is 0 Å². The molecule has 7 heteroatoms. The van der Waals surface area contributed by atoms with Gasteiger partial charge in [-0.3, -0.25) is 9.59 Å². The van der Waals surface area contributed by atoms with Crippen LogP contribution in [-0.4, -0.2) is 51.8 Å². The summed E-state index contributed by atoms with van der Waals surface area (Å²) >= 11 is 0. The van der Waals surface area contributed by atoms with Crippen molar-refractivity contribution in [2.75, 3.05) is 31.1 Å². The third kappa shape index (κ3) is 3.03. The predicted molar refractivity (Wildman–Crippen MR) is 99.3 cm³/mol. The Morgan fingerprint density at radius 2 is 1.81 bits per heavy atom. The lowest BCUT2D eigenvalue weighted by molar-refractivity contribution is 0.0741. The van der Waals surface area contributed by atoms with E-state index in [-0.39, 0.29) is 11.5 Å². The van der Waals surface area contributed by atoms with Gasteiger partial charge in [0.2, 0.25) is 0 Å². The zero-order valence-corrected chi connectivity index (χ0v) is 14.5. The standard InChI is InChI=1S/C19H19N5O2/c1-22-18(25)12-15(13-20-22)23-8-10-24(11-9-23)19(26)17-7-6-14-4-2-3-5-16(14)21-17/h2-7,12-13H,8-11H2,1H3. The number of hydrogen-bond donors (Lipinski definition) is 0. The van der Waals surface area contributed by atoms with E-state index in [2.05, 4.69) is 15.0 Å². The molecule has 1 aliphatic rings. The molecule has 1 amide bonds. The number of aryl methyl sites for hydroxylation is 1. The monoisotopic (exact) mass is 349 g/mol. The largest absolute Gasteiger partial charge is 0.367 e. The van der Waals surface area contributed by atoms with Gasteiger partial charge in [0, 0.05) is 44.7 Å². The molecule has 1 saturated heterocycles. The van der Waals surface area contributed by atoms with E-state index < -0.39 is 0 Å². The number of aromatic nitrogens is 3. The molecule has 0 unspecified atom stereocenters. The summed E-state index contributed by atoms with van der Waals surface area (Å²) < 4.78 is 1.30. The number of hydrogen-bond acceptors (Lipinski definition) is 5. The molecule has 1 aliphatic heterocycles. The minimum atomic E-state index is -0.138. The first-order chi connectivity index (χ1) is 12.6. The fraction of sp³-hybridized carbons (Fsp3) is 0.263. The average Bonchev–Trinajstić information content (AvgIpc) is 2.69. The molecule has 0 N–H and O–H groups in total. The van der Waals surface area contributed by atoms with Crippen molar-refractivity contribution < 1.29 is 4.79 Å². The Bertz CT molecular complexity index is 1020. The summed E-state index contributed by atoms with van der Waals surface area (Å²) in [6, 6.07) is 13.0. The number of nitrogens with zero attached hydrogens (tertiary/aromatic N) is 5. The van der Waals surface area contributed by atoms with Crippen molar-refractivity contribution >= 4 is 22.5 Å². The molecule has 0 atom stereocenters. The molecule has 0 spiro atoms. The van der Waals surface area contributed by atoms with Crippen molar-refractivity contribution in [2.24, 2.45) is 7.05 Å². The number of fused-ring (bicyclic) bond motifs is 1. The van der Waals surface area contributed by atoms with Gasteiger partial charge in [-0.15, -0.1) is 0 Å². The molecular formula is C19H19N5O2. The van der Waals surface area contributed by atoms with Gasteiger partial charge in [0.15, 0.2) is 0 Å². The summed E-state index contributed by atoms with van der Waals surface area (Å²) in [6.07, 6.45) is 1.68. The number of para-hydroxylation sites is 1. The lowest BCUT2D eigenvalue weighted by Crippen LogP contribution is -2.49. The van der Waals surface area contributed by atoms with Crippen LogP contribution < -0.4 is 10.5 Å². The van der Waals surface area contributed by atoms with Crippen LogP contribution in [0.5, 0.6) is 0 Å². The molecule has 0 aliphatic carbocycles. The van der Waals surface area contributed by atoms with Gasteiger partial charge in [0.25, 0.3) is 11.5 Å². The maximum absolute atomic E-state index is 12.8. The van der Waals surface area contributed by atoms with E-state index in [1.54, 1.807) is 25.4 Å². The number of carbonyl (C=O) groups is 1. The van der Waals surface area contributed by atoms with Gasteiger partial charge in [-0.05, 0) is 12.1 Å². The fourth-order valence-corrected chi connectivity index (χ4v) is 3.15. The van der Waals surface area contributed by atoms with Crippen LogP contribution in [-0.2, 0) is 7.05 Å². The quantitative estimate of drug-likeness (QED) is 0.697. The molecule has 1 aromatic carbocycles. The van der Waals surface area contributed by atoms with E-state index in [1.807, 2.05) is 35.2 Å². The van der Waals surface area contributed by atoms with Crippen molar-refractivity contribution in [2.45, 2.75) is 0 Å². The highest BCUT2D eigenvalue weighted by atomic mass is 16.2. The van der Waals surface area contributed by atoms with Gasteiger partial charge in [0.05, 0.1) is 17.4 Å². The summed E-state index contributed by atoms with van der Waals surface area (Å²) in [5.74, 6) is -0.0579. The van der Waals surface area contributed by atoms with Crippen molar-refractivity contribution in [1.82, 2.24) is 19.7 Å². The smallest absolute Gasteiger partial charge is 0.272 e. The molecule has 0 bridgehead atoms. The van der Waals surface area contributed by atoms with Crippen LogP contribution in [0.15, 0.2) is 53.5 Å². The molecule has 3 aromatic rings. The number of benzene rings is 1. The first kappa shape index (κ1) is 16.3. The lowest BCUT2D eigenvalue weighted by atomic mass is 10.2. The number of piperazine rings is 1. The van der Waals surface area contributed by atoms with E-state index in [0.29, 0.717) is 31.9 Å². The average molecular weight is 349 g/mol. The first-order valence-corrected chi connectivity index (χ1v) is 8.55. The van der Waals surface area contributed by atoms with Crippen LogP contribution >= 0.6 is 0 Å². The second-order valence-electron chi connectivity index (χ2n) is 6.34. The SMILES string of the molecule is Cn1ncc(N2CCN(C(=O)c3ccc4ccccc4n3)CC2)cc1=O. The minimum absolute atomic E-state index is 0.0579. The maximum atomic E-state index is 12.8. The topological polar surface area (TPSA) is 71.3 Å². The third-order valence-electron chi connectivity index (χ3n) is 4.70. The Hall–Kier alpha value is -3.22. The van der Waals surface area contributed by atoms with E-state index in [1.165, 1.54) is 4.68 Å². The van der Waals surface area contributed by atoms with Gasteiger partial charge >= 0.3 is 0 Å². The van der Waals surface area contributed by atoms with Crippen molar-refractivity contribution in [3.05, 3.63) is 64.7 Å². The van der Waals surface area contributed by atoms with E-state index in [9.17, 15) is 9.59 Å². The van der Waals surface area contributed by atoms with Gasteiger partial charge in [-0.2, -0.15) is 5.10 Å². The maximum Gasteiger partial charge on any atom is 0.272 e. The normalized spacial score (nSPS) is 14.7. The zero-order chi connectivity index (χ0) is 18.1. The second kappa shape index (κ2) is 6.59. The Labute approximate surface area is 150 Å². The van der Waals surface area contributed by atoms with Crippen LogP contribution in [0.3, 0.4) is 0 Å². The number of anilines is 1. The Morgan fingerprint density at radius 1 is 1.04 bits per heavy atom. The molecule has 4 rings (SSSR count). The van der Waals surface area contributed by atoms with Gasteiger partial charge in [-0.25, -0.2) is 9.67 Å². The minimum Gasteiger partial charge on any atom is -0.367 e. The van der Waals surface area contributed by atoms with Crippen LogP contribution in [0.25, 0.3) is 10.9 Å². The van der Waals surface area contributed by atoms with Crippen LogP contribution in [0.2, 0.25) is 0 Å². The molecule has 3 heterocycles.